The van der Waals surface area contributed by atoms with Crippen molar-refractivity contribution in [3.8, 4) is 5.75 Å². The molecule has 0 unspecified atom stereocenters. The highest BCUT2D eigenvalue weighted by Gasteiger charge is 2.23. The highest BCUT2D eigenvalue weighted by molar-refractivity contribution is 7.17. The second-order valence-electron chi connectivity index (χ2n) is 8.14. The molecule has 4 heterocycles. The van der Waals surface area contributed by atoms with E-state index < -0.39 is 0 Å². The lowest BCUT2D eigenvalue weighted by molar-refractivity contribution is -0.131. The molecule has 33 heavy (non-hydrogen) atoms. The Balaban J connectivity index is 1.21. The lowest BCUT2D eigenvalue weighted by Crippen LogP contribution is -2.48. The van der Waals surface area contributed by atoms with Crippen molar-refractivity contribution in [1.29, 1.82) is 0 Å². The Kier molecular flexibility index (Phi) is 5.76. The van der Waals surface area contributed by atoms with Gasteiger partial charge in [-0.25, -0.2) is 0 Å². The standard InChI is InChI=1S/C23H26N6O3S/c1-26-22(31)21-17(10-15-33-21)29-19(24-25-23(26)29)8-5-9-20(30)28-13-11-27(12-14-28)16-6-3-4-7-18(16)32-2/h3-4,6-7,10,15H,5,8-9,11-14H2,1-2H3. The molecule has 1 aromatic carbocycles. The maximum absolute atomic E-state index is 12.8. The third kappa shape index (κ3) is 3.84. The first kappa shape index (κ1) is 21.4. The zero-order chi connectivity index (χ0) is 22.9. The van der Waals surface area contributed by atoms with E-state index in [2.05, 4.69) is 21.2 Å². The summed E-state index contributed by atoms with van der Waals surface area (Å²) in [5.74, 6) is 2.32. The highest BCUT2D eigenvalue weighted by atomic mass is 32.1. The van der Waals surface area contributed by atoms with Gasteiger partial charge in [-0.15, -0.1) is 21.5 Å². The normalized spacial score (nSPS) is 14.4. The first-order chi connectivity index (χ1) is 16.1. The van der Waals surface area contributed by atoms with Crippen molar-refractivity contribution in [2.75, 3.05) is 38.2 Å². The van der Waals surface area contributed by atoms with Crippen LogP contribution in [0.25, 0.3) is 16.0 Å². The number of aryl methyl sites for hydroxylation is 2. The molecule has 5 rings (SSSR count). The fraction of sp³-hybridized carbons (Fsp3) is 0.391. The van der Waals surface area contributed by atoms with Gasteiger partial charge in [0, 0.05) is 46.1 Å². The van der Waals surface area contributed by atoms with Gasteiger partial charge < -0.3 is 14.5 Å². The molecule has 172 valence electrons. The number of nitrogens with zero attached hydrogens (tertiary/aromatic N) is 6. The summed E-state index contributed by atoms with van der Waals surface area (Å²) in [6.07, 6.45) is 1.76. The van der Waals surface area contributed by atoms with Crippen LogP contribution in [0.5, 0.6) is 5.75 Å². The minimum atomic E-state index is -0.0612. The maximum atomic E-state index is 12.8. The molecule has 1 aliphatic heterocycles. The van der Waals surface area contributed by atoms with Crippen LogP contribution in [0.15, 0.2) is 40.5 Å². The summed E-state index contributed by atoms with van der Waals surface area (Å²) < 4.78 is 9.63. The van der Waals surface area contributed by atoms with Crippen molar-refractivity contribution in [1.82, 2.24) is 24.1 Å². The number of methoxy groups -OCH3 is 1. The number of ether oxygens (including phenoxy) is 1. The molecule has 0 saturated carbocycles. The summed E-state index contributed by atoms with van der Waals surface area (Å²) in [5, 5.41) is 10.4. The van der Waals surface area contributed by atoms with Gasteiger partial charge in [-0.05, 0) is 30.0 Å². The summed E-state index contributed by atoms with van der Waals surface area (Å²) in [6, 6.07) is 9.91. The van der Waals surface area contributed by atoms with E-state index in [4.69, 9.17) is 4.74 Å². The van der Waals surface area contributed by atoms with Gasteiger partial charge in [-0.3, -0.25) is 18.6 Å². The van der Waals surface area contributed by atoms with Crippen molar-refractivity contribution in [3.63, 3.8) is 0 Å². The van der Waals surface area contributed by atoms with Crippen molar-refractivity contribution in [2.45, 2.75) is 19.3 Å². The van der Waals surface area contributed by atoms with Crippen molar-refractivity contribution >= 4 is 38.9 Å². The SMILES string of the molecule is COc1ccccc1N1CCN(C(=O)CCCc2nnc3n(C)c(=O)c4sccc4n23)CC1. The number of amides is 1. The minimum Gasteiger partial charge on any atom is -0.495 e. The summed E-state index contributed by atoms with van der Waals surface area (Å²) in [5.41, 5.74) is 1.84. The molecule has 0 bridgehead atoms. The Morgan fingerprint density at radius 2 is 1.91 bits per heavy atom. The number of hydrogen-bond donors (Lipinski definition) is 0. The summed E-state index contributed by atoms with van der Waals surface area (Å²) >= 11 is 1.42. The van der Waals surface area contributed by atoms with Crippen LogP contribution >= 0.6 is 11.3 Å². The molecule has 0 radical (unpaired) electrons. The lowest BCUT2D eigenvalue weighted by Gasteiger charge is -2.36. The summed E-state index contributed by atoms with van der Waals surface area (Å²) in [7, 11) is 3.39. The maximum Gasteiger partial charge on any atom is 0.272 e. The predicted octanol–water partition coefficient (Wildman–Crippen LogP) is 2.32. The average molecular weight is 467 g/mol. The Morgan fingerprint density at radius 1 is 1.12 bits per heavy atom. The Bertz CT molecular complexity index is 1370. The second kappa shape index (κ2) is 8.86. The van der Waals surface area contributed by atoms with E-state index in [0.717, 1.165) is 35.9 Å². The molecule has 0 aliphatic carbocycles. The zero-order valence-corrected chi connectivity index (χ0v) is 19.5. The van der Waals surface area contributed by atoms with Crippen molar-refractivity contribution in [2.24, 2.45) is 7.05 Å². The van der Waals surface area contributed by atoms with E-state index in [0.29, 0.717) is 42.8 Å². The van der Waals surface area contributed by atoms with Crippen LogP contribution in [0.1, 0.15) is 18.7 Å². The molecule has 3 aromatic heterocycles. The van der Waals surface area contributed by atoms with Crippen molar-refractivity contribution in [3.05, 3.63) is 51.9 Å². The second-order valence-corrected chi connectivity index (χ2v) is 9.06. The number of carbonyl (C=O) groups excluding carboxylic acids is 1. The molecule has 0 atom stereocenters. The molecule has 1 saturated heterocycles. The zero-order valence-electron chi connectivity index (χ0n) is 18.7. The van der Waals surface area contributed by atoms with Crippen LogP contribution in [0.3, 0.4) is 0 Å². The van der Waals surface area contributed by atoms with Crippen LogP contribution < -0.4 is 15.2 Å². The smallest absolute Gasteiger partial charge is 0.272 e. The molecule has 4 aromatic rings. The number of fused-ring (bicyclic) bond motifs is 3. The van der Waals surface area contributed by atoms with Crippen LogP contribution in [-0.2, 0) is 18.3 Å². The molecule has 1 aliphatic rings. The monoisotopic (exact) mass is 466 g/mol. The van der Waals surface area contributed by atoms with Gasteiger partial charge in [0.15, 0.2) is 0 Å². The van der Waals surface area contributed by atoms with Gasteiger partial charge in [-0.2, -0.15) is 0 Å². The van der Waals surface area contributed by atoms with Crippen LogP contribution in [0.2, 0.25) is 0 Å². The first-order valence-corrected chi connectivity index (χ1v) is 11.9. The molecule has 1 fully saturated rings. The Labute approximate surface area is 194 Å². The third-order valence-corrected chi connectivity index (χ3v) is 7.14. The summed E-state index contributed by atoms with van der Waals surface area (Å²) in [6.45, 7) is 2.96. The fourth-order valence-corrected chi connectivity index (χ4v) is 5.31. The van der Waals surface area contributed by atoms with Gasteiger partial charge in [0.1, 0.15) is 16.3 Å². The molecular formula is C23H26N6O3S. The molecule has 1 amide bonds. The van der Waals surface area contributed by atoms with E-state index >= 15 is 0 Å². The number of anilines is 1. The number of benzene rings is 1. The number of carbonyl (C=O) groups is 1. The fourth-order valence-electron chi connectivity index (χ4n) is 4.46. The lowest BCUT2D eigenvalue weighted by atomic mass is 10.2. The number of piperazine rings is 1. The van der Waals surface area contributed by atoms with Gasteiger partial charge in [0.05, 0.1) is 18.3 Å². The van der Waals surface area contributed by atoms with Crippen molar-refractivity contribution < 1.29 is 9.53 Å². The van der Waals surface area contributed by atoms with Gasteiger partial charge >= 0.3 is 0 Å². The number of para-hydroxylation sites is 2. The van der Waals surface area contributed by atoms with E-state index in [1.54, 1.807) is 14.2 Å². The van der Waals surface area contributed by atoms with E-state index in [1.165, 1.54) is 15.9 Å². The first-order valence-electron chi connectivity index (χ1n) is 11.0. The predicted molar refractivity (Wildman–Crippen MR) is 128 cm³/mol. The average Bonchev–Trinajstić information content (AvgIpc) is 3.50. The van der Waals surface area contributed by atoms with Gasteiger partial charge in [0.2, 0.25) is 11.7 Å². The number of thiophene rings is 1. The number of aromatic nitrogens is 4. The summed E-state index contributed by atoms with van der Waals surface area (Å²) in [4.78, 5) is 29.5. The van der Waals surface area contributed by atoms with E-state index in [1.807, 2.05) is 38.9 Å². The minimum absolute atomic E-state index is 0.0612. The van der Waals surface area contributed by atoms with Crippen LogP contribution in [0.4, 0.5) is 5.69 Å². The number of hydrogen-bond acceptors (Lipinski definition) is 7. The quantitative estimate of drug-likeness (QED) is 0.434. The number of rotatable bonds is 6. The molecule has 0 N–H and O–H groups in total. The third-order valence-electron chi connectivity index (χ3n) is 6.25. The Morgan fingerprint density at radius 3 is 2.70 bits per heavy atom. The van der Waals surface area contributed by atoms with Gasteiger partial charge in [0.25, 0.3) is 5.56 Å². The molecular weight excluding hydrogens is 440 g/mol. The largest absolute Gasteiger partial charge is 0.495 e. The van der Waals surface area contributed by atoms with E-state index in [9.17, 15) is 9.59 Å². The highest BCUT2D eigenvalue weighted by Crippen LogP contribution is 2.28. The molecule has 9 nitrogen and oxygen atoms in total. The molecule has 0 spiro atoms. The molecule has 10 heteroatoms. The van der Waals surface area contributed by atoms with Crippen LogP contribution in [0, 0.1) is 0 Å². The topological polar surface area (TPSA) is 85.0 Å². The Hall–Kier alpha value is -3.40. The van der Waals surface area contributed by atoms with E-state index in [-0.39, 0.29) is 11.5 Å². The van der Waals surface area contributed by atoms with Gasteiger partial charge in [-0.1, -0.05) is 12.1 Å². The van der Waals surface area contributed by atoms with Crippen LogP contribution in [-0.4, -0.2) is 63.3 Å².